The Bertz CT molecular complexity index is 1080. The van der Waals surface area contributed by atoms with Crippen LogP contribution in [0.15, 0.2) is 54.1 Å². The molecule has 0 saturated heterocycles. The van der Waals surface area contributed by atoms with Crippen LogP contribution in [-0.4, -0.2) is 17.9 Å². The fourth-order valence-corrected chi connectivity index (χ4v) is 3.58. The van der Waals surface area contributed by atoms with E-state index in [2.05, 4.69) is 6.07 Å². The van der Waals surface area contributed by atoms with E-state index in [-0.39, 0.29) is 13.2 Å². The van der Waals surface area contributed by atoms with E-state index in [0.29, 0.717) is 28.9 Å². The van der Waals surface area contributed by atoms with E-state index in [1.807, 2.05) is 30.3 Å². The number of rotatable bonds is 2. The number of nitrogens with zero attached hydrogens (tertiary/aromatic N) is 2. The Hall–Kier alpha value is -3.83. The van der Waals surface area contributed by atoms with Crippen LogP contribution in [0.3, 0.4) is 0 Å². The maximum Gasteiger partial charge on any atom is 0.158 e. The van der Waals surface area contributed by atoms with Crippen molar-refractivity contribution in [3.8, 4) is 12.1 Å². The predicted octanol–water partition coefficient (Wildman–Crippen LogP) is 6.61. The van der Waals surface area contributed by atoms with Crippen LogP contribution in [0, 0.1) is 22.7 Å². The van der Waals surface area contributed by atoms with Gasteiger partial charge in [-0.1, -0.05) is 38.1 Å². The number of carbonyl (C=O) groups excluding carboxylic acids is 3. The second-order valence-electron chi connectivity index (χ2n) is 7.99. The van der Waals surface area contributed by atoms with Crippen molar-refractivity contribution in [2.24, 2.45) is 0 Å². The molecule has 0 N–H and O–H groups in total. The summed E-state index contributed by atoms with van der Waals surface area (Å²) in [5, 5.41) is 17.2. The van der Waals surface area contributed by atoms with Gasteiger partial charge >= 0.3 is 0 Å². The number of nitriles is 2. The summed E-state index contributed by atoms with van der Waals surface area (Å²) in [6.45, 7) is 0. The molecule has 0 aromatic heterocycles. The highest BCUT2D eigenvalue weighted by Gasteiger charge is 2.14. The van der Waals surface area contributed by atoms with E-state index in [0.717, 1.165) is 62.4 Å². The normalized spacial score (nSPS) is 15.8. The quantitative estimate of drug-likeness (QED) is 0.374. The summed E-state index contributed by atoms with van der Waals surface area (Å²) in [7, 11) is 0. The number of ketones is 2. The van der Waals surface area contributed by atoms with E-state index < -0.39 is 0 Å². The van der Waals surface area contributed by atoms with E-state index in [1.54, 1.807) is 30.3 Å². The third-order valence-corrected chi connectivity index (χ3v) is 5.38. The van der Waals surface area contributed by atoms with E-state index in [1.165, 1.54) is 6.42 Å². The molecule has 176 valence electrons. The van der Waals surface area contributed by atoms with Crippen molar-refractivity contribution in [3.05, 3.63) is 76.4 Å². The molecule has 5 heteroatoms. The van der Waals surface area contributed by atoms with Crippen molar-refractivity contribution in [1.82, 2.24) is 0 Å². The van der Waals surface area contributed by atoms with Gasteiger partial charge in [-0.05, 0) is 73.6 Å². The predicted molar refractivity (Wildman–Crippen MR) is 134 cm³/mol. The number of carbonyl (C=O) groups is 3. The Balaban J connectivity index is 0.000000275. The first-order chi connectivity index (χ1) is 16.0. The summed E-state index contributed by atoms with van der Waals surface area (Å²) in [6, 6.07) is 18.0. The smallest absolute Gasteiger partial charge is 0.158 e. The zero-order valence-corrected chi connectivity index (χ0v) is 18.8. The Kier molecular flexibility index (Phi) is 13.2. The first-order valence-electron chi connectivity index (χ1n) is 11.3. The van der Waals surface area contributed by atoms with Crippen molar-refractivity contribution >= 4 is 23.9 Å². The zero-order valence-electron chi connectivity index (χ0n) is 18.8. The van der Waals surface area contributed by atoms with Crippen LogP contribution in [0.2, 0.25) is 0 Å². The van der Waals surface area contributed by atoms with Gasteiger partial charge in [-0.2, -0.15) is 10.5 Å². The van der Waals surface area contributed by atoms with Crippen molar-refractivity contribution in [3.63, 3.8) is 0 Å². The van der Waals surface area contributed by atoms with Crippen molar-refractivity contribution in [2.45, 2.75) is 65.2 Å². The summed E-state index contributed by atoms with van der Waals surface area (Å²) in [5.74, 6) is 0.722. The number of allylic oxidation sites excluding steroid dienone is 1. The second-order valence-corrected chi connectivity index (χ2v) is 7.99. The minimum Gasteiger partial charge on any atom is -0.300 e. The highest BCUT2D eigenvalue weighted by atomic mass is 16.1. The van der Waals surface area contributed by atoms with Crippen LogP contribution in [-0.2, 0) is 9.59 Å². The molecule has 0 heterocycles. The summed E-state index contributed by atoms with van der Waals surface area (Å²) in [5.41, 5.74) is 3.55. The standard InChI is InChI=1S/C14H13NO.C8H5NO.C6H10O.CH4/c15-10-12-5-3-4-11(8-12)9-13-6-1-2-7-14(13)16;9-5-7-2-1-3-8(4-7)6-10;7-6-4-2-1-3-5-6;/h3-5,8-9H,1-2,6-7H2;1-4,6H;1-5H2;1H4/b13-9+;;;. The lowest BCUT2D eigenvalue weighted by molar-refractivity contribution is -0.120. The monoisotopic (exact) mass is 456 g/mol. The van der Waals surface area contributed by atoms with Gasteiger partial charge in [0.05, 0.1) is 23.3 Å². The Morgan fingerprint density at radius 1 is 0.706 bits per heavy atom. The SMILES string of the molecule is C.N#Cc1cccc(/C=C2\CCCCC2=O)c1.N#Cc1cccc(C=O)c1.O=C1CCCCC1. The van der Waals surface area contributed by atoms with Gasteiger partial charge < -0.3 is 0 Å². The van der Waals surface area contributed by atoms with Crippen LogP contribution in [0.5, 0.6) is 0 Å². The zero-order chi connectivity index (χ0) is 23.9. The van der Waals surface area contributed by atoms with Crippen molar-refractivity contribution < 1.29 is 14.4 Å². The molecular weight excluding hydrogens is 424 g/mol. The molecule has 2 fully saturated rings. The van der Waals surface area contributed by atoms with E-state index in [9.17, 15) is 14.4 Å². The van der Waals surface area contributed by atoms with E-state index >= 15 is 0 Å². The molecule has 0 unspecified atom stereocenters. The first kappa shape index (κ1) is 28.2. The lowest BCUT2D eigenvalue weighted by Gasteiger charge is -2.12. The van der Waals surface area contributed by atoms with Crippen molar-refractivity contribution in [1.29, 1.82) is 10.5 Å². The second kappa shape index (κ2) is 15.9. The summed E-state index contributed by atoms with van der Waals surface area (Å²) < 4.78 is 0. The van der Waals surface area contributed by atoms with Gasteiger partial charge in [0.15, 0.2) is 5.78 Å². The van der Waals surface area contributed by atoms with Gasteiger partial charge in [-0.3, -0.25) is 14.4 Å². The first-order valence-corrected chi connectivity index (χ1v) is 11.3. The number of benzene rings is 2. The molecule has 4 rings (SSSR count). The van der Waals surface area contributed by atoms with Crippen LogP contribution in [0.1, 0.15) is 92.3 Å². The number of Topliss-reactive ketones (excluding diaryl/α,β-unsaturated/α-hetero) is 2. The van der Waals surface area contributed by atoms with Crippen LogP contribution < -0.4 is 0 Å². The minimum atomic E-state index is 0. The average molecular weight is 457 g/mol. The molecule has 2 saturated carbocycles. The van der Waals surface area contributed by atoms with Gasteiger partial charge in [0, 0.05) is 24.8 Å². The lowest BCUT2D eigenvalue weighted by atomic mass is 9.92. The lowest BCUT2D eigenvalue weighted by Crippen LogP contribution is -2.07. The van der Waals surface area contributed by atoms with Gasteiger partial charge in [-0.15, -0.1) is 0 Å². The maximum atomic E-state index is 11.6. The minimum absolute atomic E-state index is 0. The Morgan fingerprint density at radius 3 is 1.74 bits per heavy atom. The fraction of sp³-hybridized carbons (Fsp3) is 0.345. The highest BCUT2D eigenvalue weighted by Crippen LogP contribution is 2.22. The molecule has 5 nitrogen and oxygen atoms in total. The molecule has 0 atom stereocenters. The summed E-state index contributed by atoms with van der Waals surface area (Å²) in [4.78, 5) is 32.2. The van der Waals surface area contributed by atoms with Gasteiger partial charge in [0.1, 0.15) is 12.1 Å². The third-order valence-electron chi connectivity index (χ3n) is 5.38. The number of hydrogen-bond acceptors (Lipinski definition) is 5. The highest BCUT2D eigenvalue weighted by molar-refractivity contribution is 6.00. The molecular formula is C29H32N2O3. The number of aldehydes is 1. The molecule has 0 spiro atoms. The van der Waals surface area contributed by atoms with Crippen LogP contribution >= 0.6 is 0 Å². The van der Waals surface area contributed by atoms with Gasteiger partial charge in [0.2, 0.25) is 0 Å². The molecule has 2 aromatic carbocycles. The molecule has 34 heavy (non-hydrogen) atoms. The van der Waals surface area contributed by atoms with Crippen LogP contribution in [0.25, 0.3) is 6.08 Å². The molecule has 0 radical (unpaired) electrons. The van der Waals surface area contributed by atoms with Gasteiger partial charge in [-0.25, -0.2) is 0 Å². The molecule has 0 amide bonds. The van der Waals surface area contributed by atoms with Crippen molar-refractivity contribution in [2.75, 3.05) is 0 Å². The third kappa shape index (κ3) is 10.2. The van der Waals surface area contributed by atoms with Gasteiger partial charge in [0.25, 0.3) is 0 Å². The largest absolute Gasteiger partial charge is 0.300 e. The summed E-state index contributed by atoms with van der Waals surface area (Å²) >= 11 is 0. The fourth-order valence-electron chi connectivity index (χ4n) is 3.58. The maximum absolute atomic E-state index is 11.6. The molecule has 0 aliphatic heterocycles. The Labute approximate surface area is 202 Å². The van der Waals surface area contributed by atoms with Crippen LogP contribution in [0.4, 0.5) is 0 Å². The average Bonchev–Trinajstić information content (AvgIpc) is 2.87. The number of hydrogen-bond donors (Lipinski definition) is 0. The molecule has 2 aliphatic rings. The summed E-state index contributed by atoms with van der Waals surface area (Å²) in [6.07, 6.45) is 11.5. The molecule has 2 aliphatic carbocycles. The Morgan fingerprint density at radius 2 is 1.24 bits per heavy atom. The molecule has 2 aromatic rings. The van der Waals surface area contributed by atoms with E-state index in [4.69, 9.17) is 10.5 Å². The molecule has 0 bridgehead atoms. The topological polar surface area (TPSA) is 98.8 Å².